The number of carbonyl (C=O) groups excluding carboxylic acids is 2. The van der Waals surface area contributed by atoms with Crippen LogP contribution in [0.1, 0.15) is 100 Å². The number of hydrogen-bond donors (Lipinski definition) is 2. The van der Waals surface area contributed by atoms with Crippen molar-refractivity contribution in [1.82, 2.24) is 10.2 Å². The molecule has 2 aromatic carbocycles. The van der Waals surface area contributed by atoms with Crippen molar-refractivity contribution < 1.29 is 19.5 Å². The summed E-state index contributed by atoms with van der Waals surface area (Å²) in [5.74, 6) is -0.778. The van der Waals surface area contributed by atoms with Gasteiger partial charge in [-0.05, 0) is 73.3 Å². The maximum atomic E-state index is 14.2. The van der Waals surface area contributed by atoms with E-state index < -0.39 is 11.6 Å². The Hall–Kier alpha value is -3.19. The molecule has 1 atom stereocenters. The standard InChI is InChI=1S/C32H40ClN3O4/c1-5-6-26(21-7-9-23(10-8-21)29(39)34-20-17-27(37)38)36-30(40)28(22-11-13-25(33)14-12-22)35-32(36)18-15-24(16-19-32)31(2,3)4/h7-14,24,26H,5-6,15-20H2,1-4H3,(H,34,39)(H,37,38). The number of benzene rings is 2. The van der Waals surface area contributed by atoms with E-state index in [2.05, 4.69) is 33.0 Å². The predicted molar refractivity (Wildman–Crippen MR) is 158 cm³/mol. The summed E-state index contributed by atoms with van der Waals surface area (Å²) in [5, 5.41) is 12.1. The maximum absolute atomic E-state index is 14.2. The molecule has 1 aliphatic heterocycles. The minimum atomic E-state index is -0.959. The molecule has 1 aliphatic carbocycles. The first-order valence-electron chi connectivity index (χ1n) is 14.2. The first kappa shape index (κ1) is 29.8. The van der Waals surface area contributed by atoms with Gasteiger partial charge in [-0.25, -0.2) is 0 Å². The molecular weight excluding hydrogens is 526 g/mol. The van der Waals surface area contributed by atoms with Gasteiger partial charge in [-0.15, -0.1) is 0 Å². The highest BCUT2D eigenvalue weighted by Gasteiger charge is 2.52. The van der Waals surface area contributed by atoms with Gasteiger partial charge in [0.2, 0.25) is 0 Å². The summed E-state index contributed by atoms with van der Waals surface area (Å²) in [7, 11) is 0. The molecule has 0 bridgehead atoms. The Morgan fingerprint density at radius 2 is 1.73 bits per heavy atom. The van der Waals surface area contributed by atoms with Crippen molar-refractivity contribution in [2.45, 2.75) is 84.3 Å². The van der Waals surface area contributed by atoms with Crippen LogP contribution in [-0.4, -0.2) is 45.7 Å². The van der Waals surface area contributed by atoms with Crippen molar-refractivity contribution in [2.75, 3.05) is 6.54 Å². The fraction of sp³-hybridized carbons (Fsp3) is 0.500. The molecular formula is C32H40ClN3O4. The van der Waals surface area contributed by atoms with E-state index in [-0.39, 0.29) is 36.2 Å². The second-order valence-corrected chi connectivity index (χ2v) is 12.5. The molecule has 214 valence electrons. The summed E-state index contributed by atoms with van der Waals surface area (Å²) in [6, 6.07) is 14.4. The molecule has 1 unspecified atom stereocenters. The van der Waals surface area contributed by atoms with Crippen LogP contribution in [0.15, 0.2) is 53.5 Å². The van der Waals surface area contributed by atoms with Gasteiger partial charge in [-0.2, -0.15) is 0 Å². The molecule has 2 aromatic rings. The van der Waals surface area contributed by atoms with Gasteiger partial charge in [-0.1, -0.05) is 70.0 Å². The van der Waals surface area contributed by atoms with Crippen LogP contribution in [-0.2, 0) is 9.59 Å². The molecule has 0 aromatic heterocycles. The maximum Gasteiger partial charge on any atom is 0.305 e. The Labute approximate surface area is 242 Å². The molecule has 1 spiro atoms. The average Bonchev–Trinajstić information content (AvgIpc) is 3.18. The monoisotopic (exact) mass is 565 g/mol. The number of nitrogens with one attached hydrogen (secondary N) is 1. The number of rotatable bonds is 9. The molecule has 4 rings (SSSR count). The molecule has 8 heteroatoms. The molecule has 40 heavy (non-hydrogen) atoms. The van der Waals surface area contributed by atoms with Gasteiger partial charge in [0.25, 0.3) is 11.8 Å². The first-order valence-corrected chi connectivity index (χ1v) is 14.6. The Bertz CT molecular complexity index is 1260. The van der Waals surface area contributed by atoms with E-state index in [1.807, 2.05) is 29.2 Å². The van der Waals surface area contributed by atoms with Gasteiger partial charge < -0.3 is 15.3 Å². The molecule has 0 radical (unpaired) electrons. The van der Waals surface area contributed by atoms with Gasteiger partial charge >= 0.3 is 5.97 Å². The number of halogens is 1. The van der Waals surface area contributed by atoms with Crippen LogP contribution in [0.25, 0.3) is 0 Å². The number of carbonyl (C=O) groups is 3. The van der Waals surface area contributed by atoms with Crippen LogP contribution in [0, 0.1) is 11.3 Å². The lowest BCUT2D eigenvalue weighted by Crippen LogP contribution is -2.51. The van der Waals surface area contributed by atoms with E-state index in [0.717, 1.165) is 49.7 Å². The van der Waals surface area contributed by atoms with Crippen LogP contribution in [0.4, 0.5) is 0 Å². The van der Waals surface area contributed by atoms with Crippen molar-refractivity contribution in [3.05, 3.63) is 70.2 Å². The summed E-state index contributed by atoms with van der Waals surface area (Å²) < 4.78 is 0. The van der Waals surface area contributed by atoms with Crippen LogP contribution in [0.3, 0.4) is 0 Å². The van der Waals surface area contributed by atoms with Gasteiger partial charge in [-0.3, -0.25) is 19.4 Å². The highest BCUT2D eigenvalue weighted by Crippen LogP contribution is 2.49. The highest BCUT2D eigenvalue weighted by atomic mass is 35.5. The number of hydrogen-bond acceptors (Lipinski definition) is 4. The van der Waals surface area contributed by atoms with E-state index in [9.17, 15) is 14.4 Å². The number of amides is 2. The number of carboxylic acid groups (broad SMARTS) is 1. The number of carboxylic acids is 1. The van der Waals surface area contributed by atoms with Crippen LogP contribution >= 0.6 is 11.6 Å². The lowest BCUT2D eigenvalue weighted by molar-refractivity contribution is -0.137. The number of nitrogens with zero attached hydrogens (tertiary/aromatic N) is 2. The second-order valence-electron chi connectivity index (χ2n) is 12.1. The lowest BCUT2D eigenvalue weighted by Gasteiger charge is -2.47. The SMILES string of the molecule is CCCC(c1ccc(C(=O)NCCC(=O)O)cc1)N1C(=O)C(c2ccc(Cl)cc2)=NC12CCC(C(C)(C)C)CC2. The number of aliphatic carboxylic acids is 1. The molecule has 2 N–H and O–H groups in total. The molecule has 2 amide bonds. The van der Waals surface area contributed by atoms with Crippen molar-refractivity contribution in [3.8, 4) is 0 Å². The van der Waals surface area contributed by atoms with Crippen LogP contribution in [0.2, 0.25) is 5.02 Å². The van der Waals surface area contributed by atoms with Crippen LogP contribution in [0.5, 0.6) is 0 Å². The van der Waals surface area contributed by atoms with E-state index in [0.29, 0.717) is 22.2 Å². The van der Waals surface area contributed by atoms with Gasteiger partial charge in [0.1, 0.15) is 11.4 Å². The number of aliphatic imine (C=N–C) groups is 1. The van der Waals surface area contributed by atoms with Crippen molar-refractivity contribution in [2.24, 2.45) is 16.3 Å². The second kappa shape index (κ2) is 12.1. The summed E-state index contributed by atoms with van der Waals surface area (Å²) >= 11 is 6.14. The van der Waals surface area contributed by atoms with Gasteiger partial charge in [0.05, 0.1) is 12.5 Å². The topological polar surface area (TPSA) is 99.1 Å². The predicted octanol–water partition coefficient (Wildman–Crippen LogP) is 6.65. The van der Waals surface area contributed by atoms with E-state index in [4.69, 9.17) is 21.7 Å². The largest absolute Gasteiger partial charge is 0.481 e. The smallest absolute Gasteiger partial charge is 0.305 e. The minimum Gasteiger partial charge on any atom is -0.481 e. The highest BCUT2D eigenvalue weighted by molar-refractivity contribution is 6.47. The normalized spacial score (nSPS) is 21.8. The first-order chi connectivity index (χ1) is 18.9. The molecule has 7 nitrogen and oxygen atoms in total. The fourth-order valence-corrected chi connectivity index (χ4v) is 6.23. The summed E-state index contributed by atoms with van der Waals surface area (Å²) in [6.45, 7) is 9.04. The van der Waals surface area contributed by atoms with Crippen molar-refractivity contribution >= 4 is 35.1 Å². The third kappa shape index (κ3) is 6.41. The van der Waals surface area contributed by atoms with Gasteiger partial charge in [0, 0.05) is 22.7 Å². The zero-order chi connectivity index (χ0) is 29.1. The zero-order valence-electron chi connectivity index (χ0n) is 23.9. The van der Waals surface area contributed by atoms with E-state index >= 15 is 0 Å². The molecule has 1 heterocycles. The lowest BCUT2D eigenvalue weighted by atomic mass is 9.69. The van der Waals surface area contributed by atoms with Crippen molar-refractivity contribution in [3.63, 3.8) is 0 Å². The molecule has 2 aliphatic rings. The Morgan fingerprint density at radius 1 is 1.10 bits per heavy atom. The zero-order valence-corrected chi connectivity index (χ0v) is 24.6. The Balaban J connectivity index is 1.66. The Kier molecular flexibility index (Phi) is 9.03. The average molecular weight is 566 g/mol. The summed E-state index contributed by atoms with van der Waals surface area (Å²) in [6.07, 6.45) is 5.13. The Morgan fingerprint density at radius 3 is 2.27 bits per heavy atom. The molecule has 1 saturated carbocycles. The van der Waals surface area contributed by atoms with Crippen molar-refractivity contribution in [1.29, 1.82) is 0 Å². The fourth-order valence-electron chi connectivity index (χ4n) is 6.10. The summed E-state index contributed by atoms with van der Waals surface area (Å²) in [4.78, 5) is 44.8. The summed E-state index contributed by atoms with van der Waals surface area (Å²) in [5.41, 5.74) is 2.26. The third-order valence-corrected chi connectivity index (χ3v) is 8.63. The minimum absolute atomic E-state index is 0.0644. The third-order valence-electron chi connectivity index (χ3n) is 8.37. The van der Waals surface area contributed by atoms with Crippen LogP contribution < -0.4 is 5.32 Å². The van der Waals surface area contributed by atoms with E-state index in [1.54, 1.807) is 24.3 Å². The van der Waals surface area contributed by atoms with Gasteiger partial charge in [0.15, 0.2) is 0 Å². The van der Waals surface area contributed by atoms with E-state index in [1.165, 1.54) is 0 Å². The quantitative estimate of drug-likeness (QED) is 0.355. The molecule has 0 saturated heterocycles. The molecule has 1 fully saturated rings.